The molecule has 0 unspecified atom stereocenters. The van der Waals surface area contributed by atoms with Crippen molar-refractivity contribution < 1.29 is 0 Å². The summed E-state index contributed by atoms with van der Waals surface area (Å²) in [5.41, 5.74) is 7.59. The largest absolute Gasteiger partial charge is 0.397 e. The highest BCUT2D eigenvalue weighted by Gasteiger charge is 2.03. The zero-order chi connectivity index (χ0) is 10.3. The number of hydrogen-bond acceptors (Lipinski definition) is 2. The van der Waals surface area contributed by atoms with Gasteiger partial charge in [-0.25, -0.2) is 0 Å². The summed E-state index contributed by atoms with van der Waals surface area (Å²) in [6, 6.07) is 4.97. The van der Waals surface area contributed by atoms with Crippen LogP contribution in [0.15, 0.2) is 23.0 Å². The molecule has 0 saturated heterocycles. The third-order valence-electron chi connectivity index (χ3n) is 2.17. The summed E-state index contributed by atoms with van der Waals surface area (Å²) in [6.45, 7) is 1.87. The highest BCUT2D eigenvalue weighted by Crippen LogP contribution is 2.25. The van der Waals surface area contributed by atoms with E-state index in [1.54, 1.807) is 12.1 Å². The van der Waals surface area contributed by atoms with E-state index in [0.717, 1.165) is 16.5 Å². The normalized spacial score (nSPS) is 10.7. The third kappa shape index (κ3) is 1.36. The van der Waals surface area contributed by atoms with Crippen LogP contribution >= 0.6 is 11.6 Å². The molecule has 4 heteroatoms. The van der Waals surface area contributed by atoms with Crippen molar-refractivity contribution in [2.24, 2.45) is 0 Å². The van der Waals surface area contributed by atoms with Crippen LogP contribution in [-0.4, -0.2) is 4.98 Å². The van der Waals surface area contributed by atoms with Gasteiger partial charge in [0.05, 0.1) is 16.2 Å². The number of pyridine rings is 1. The van der Waals surface area contributed by atoms with Crippen molar-refractivity contribution in [1.29, 1.82) is 0 Å². The number of nitrogens with two attached hydrogens (primary N) is 1. The maximum Gasteiger partial charge on any atom is 0.248 e. The van der Waals surface area contributed by atoms with Crippen LogP contribution in [0.4, 0.5) is 5.69 Å². The topological polar surface area (TPSA) is 58.9 Å². The number of anilines is 1. The molecule has 3 nitrogen and oxygen atoms in total. The van der Waals surface area contributed by atoms with Crippen LogP contribution in [0.2, 0.25) is 5.02 Å². The highest BCUT2D eigenvalue weighted by molar-refractivity contribution is 6.33. The molecule has 0 atom stereocenters. The van der Waals surface area contributed by atoms with Gasteiger partial charge in [-0.2, -0.15) is 0 Å². The molecule has 2 aromatic rings. The van der Waals surface area contributed by atoms with E-state index in [1.165, 1.54) is 6.07 Å². The Balaban J connectivity index is 2.96. The number of rotatable bonds is 0. The molecule has 1 aromatic carbocycles. The van der Waals surface area contributed by atoms with E-state index in [1.807, 2.05) is 6.92 Å². The lowest BCUT2D eigenvalue weighted by Gasteiger charge is -2.04. The summed E-state index contributed by atoms with van der Waals surface area (Å²) in [6.07, 6.45) is 0. The van der Waals surface area contributed by atoms with Crippen molar-refractivity contribution in [2.45, 2.75) is 6.92 Å². The Morgan fingerprint density at radius 1 is 1.36 bits per heavy atom. The average Bonchev–Trinajstić information content (AvgIpc) is 2.08. The number of benzene rings is 1. The second-order valence-corrected chi connectivity index (χ2v) is 3.64. The zero-order valence-electron chi connectivity index (χ0n) is 7.60. The monoisotopic (exact) mass is 208 g/mol. The minimum absolute atomic E-state index is 0.128. The molecule has 72 valence electrons. The first-order chi connectivity index (χ1) is 6.58. The fourth-order valence-electron chi connectivity index (χ4n) is 1.46. The van der Waals surface area contributed by atoms with Gasteiger partial charge in [-0.1, -0.05) is 11.6 Å². The number of aromatic amines is 1. The minimum atomic E-state index is -0.128. The van der Waals surface area contributed by atoms with Gasteiger partial charge in [0.25, 0.3) is 0 Å². The van der Waals surface area contributed by atoms with Gasteiger partial charge in [-0.3, -0.25) is 4.79 Å². The number of nitrogen functional groups attached to an aromatic ring is 1. The second-order valence-electron chi connectivity index (χ2n) is 3.24. The number of halogens is 1. The fraction of sp³-hybridized carbons (Fsp3) is 0.100. The van der Waals surface area contributed by atoms with E-state index >= 15 is 0 Å². The van der Waals surface area contributed by atoms with Gasteiger partial charge in [0.2, 0.25) is 5.56 Å². The Morgan fingerprint density at radius 3 is 2.79 bits per heavy atom. The van der Waals surface area contributed by atoms with Crippen molar-refractivity contribution in [1.82, 2.24) is 4.98 Å². The van der Waals surface area contributed by atoms with E-state index in [9.17, 15) is 4.79 Å². The number of aryl methyl sites for hydroxylation is 1. The minimum Gasteiger partial charge on any atom is -0.397 e. The van der Waals surface area contributed by atoms with Gasteiger partial charge in [-0.15, -0.1) is 0 Å². The van der Waals surface area contributed by atoms with Crippen LogP contribution in [-0.2, 0) is 0 Å². The summed E-state index contributed by atoms with van der Waals surface area (Å²) in [5, 5.41) is 1.43. The Bertz CT molecular complexity index is 560. The standard InChI is InChI=1S/C10H9ClN2O/c1-5-2-10(14)13-9-4-8(12)7(11)3-6(5)9/h2-4H,12H2,1H3,(H,13,14). The lowest BCUT2D eigenvalue weighted by molar-refractivity contribution is 1.28. The first-order valence-corrected chi connectivity index (χ1v) is 4.54. The van der Waals surface area contributed by atoms with Crippen molar-refractivity contribution in [3.05, 3.63) is 39.1 Å². The average molecular weight is 209 g/mol. The van der Waals surface area contributed by atoms with Gasteiger partial charge in [0, 0.05) is 11.5 Å². The quantitative estimate of drug-likeness (QED) is 0.652. The van der Waals surface area contributed by atoms with Crippen LogP contribution in [0, 0.1) is 6.92 Å². The molecular formula is C10H9ClN2O. The highest BCUT2D eigenvalue weighted by atomic mass is 35.5. The number of aromatic nitrogens is 1. The maximum atomic E-state index is 11.2. The number of fused-ring (bicyclic) bond motifs is 1. The maximum absolute atomic E-state index is 11.2. The van der Waals surface area contributed by atoms with E-state index in [4.69, 9.17) is 17.3 Å². The number of H-pyrrole nitrogens is 1. The van der Waals surface area contributed by atoms with Crippen molar-refractivity contribution in [2.75, 3.05) is 5.73 Å². The lowest BCUT2D eigenvalue weighted by Crippen LogP contribution is -2.05. The lowest BCUT2D eigenvalue weighted by atomic mass is 10.1. The molecule has 0 saturated carbocycles. The Morgan fingerprint density at radius 2 is 2.07 bits per heavy atom. The van der Waals surface area contributed by atoms with Crippen LogP contribution < -0.4 is 11.3 Å². The molecule has 2 rings (SSSR count). The Hall–Kier alpha value is -1.48. The third-order valence-corrected chi connectivity index (χ3v) is 2.49. The van der Waals surface area contributed by atoms with Gasteiger partial charge < -0.3 is 10.7 Å². The molecule has 0 aliphatic rings. The van der Waals surface area contributed by atoms with Gasteiger partial charge in [0.1, 0.15) is 0 Å². The van der Waals surface area contributed by atoms with E-state index in [0.29, 0.717) is 10.7 Å². The predicted molar refractivity (Wildman–Crippen MR) is 58.7 cm³/mol. The zero-order valence-corrected chi connectivity index (χ0v) is 8.35. The van der Waals surface area contributed by atoms with Crippen molar-refractivity contribution in [3.63, 3.8) is 0 Å². The van der Waals surface area contributed by atoms with Crippen LogP contribution in [0.25, 0.3) is 10.9 Å². The smallest absolute Gasteiger partial charge is 0.248 e. The van der Waals surface area contributed by atoms with Gasteiger partial charge in [0.15, 0.2) is 0 Å². The van der Waals surface area contributed by atoms with E-state index < -0.39 is 0 Å². The summed E-state index contributed by atoms with van der Waals surface area (Å²) in [7, 11) is 0. The van der Waals surface area contributed by atoms with Gasteiger partial charge in [-0.05, 0) is 24.6 Å². The molecule has 0 fully saturated rings. The van der Waals surface area contributed by atoms with Gasteiger partial charge >= 0.3 is 0 Å². The summed E-state index contributed by atoms with van der Waals surface area (Å²) < 4.78 is 0. The van der Waals surface area contributed by atoms with Crippen molar-refractivity contribution >= 4 is 28.2 Å². The molecular weight excluding hydrogens is 200 g/mol. The first-order valence-electron chi connectivity index (χ1n) is 4.16. The fourth-order valence-corrected chi connectivity index (χ4v) is 1.63. The van der Waals surface area contributed by atoms with Crippen LogP contribution in [0.5, 0.6) is 0 Å². The molecule has 0 amide bonds. The van der Waals surface area contributed by atoms with Crippen LogP contribution in [0.1, 0.15) is 5.56 Å². The Kier molecular flexibility index (Phi) is 1.97. The Labute approximate surface area is 85.5 Å². The summed E-state index contributed by atoms with van der Waals surface area (Å²) >= 11 is 5.88. The molecule has 1 aromatic heterocycles. The molecule has 14 heavy (non-hydrogen) atoms. The van der Waals surface area contributed by atoms with Crippen molar-refractivity contribution in [3.8, 4) is 0 Å². The molecule has 0 spiro atoms. The number of hydrogen-bond donors (Lipinski definition) is 2. The molecule has 0 radical (unpaired) electrons. The molecule has 0 aliphatic heterocycles. The summed E-state index contributed by atoms with van der Waals surface area (Å²) in [4.78, 5) is 13.9. The van der Waals surface area contributed by atoms with E-state index in [-0.39, 0.29) is 5.56 Å². The first kappa shape index (κ1) is 9.09. The molecule has 0 bridgehead atoms. The number of nitrogens with one attached hydrogen (secondary N) is 1. The van der Waals surface area contributed by atoms with Crippen LogP contribution in [0.3, 0.4) is 0 Å². The molecule has 1 heterocycles. The second kappa shape index (κ2) is 3.03. The SMILES string of the molecule is Cc1cc(=O)[nH]c2cc(N)c(Cl)cc12. The molecule has 3 N–H and O–H groups in total. The molecule has 0 aliphatic carbocycles. The summed E-state index contributed by atoms with van der Waals surface area (Å²) in [5.74, 6) is 0. The van der Waals surface area contributed by atoms with E-state index in [2.05, 4.69) is 4.98 Å². The predicted octanol–water partition coefficient (Wildman–Crippen LogP) is 2.07.